The van der Waals surface area contributed by atoms with Gasteiger partial charge in [0, 0.05) is 23.5 Å². The number of rotatable bonds is 4. The van der Waals surface area contributed by atoms with Gasteiger partial charge in [0.25, 0.3) is 0 Å². The lowest BCUT2D eigenvalue weighted by Gasteiger charge is -2.35. The highest BCUT2D eigenvalue weighted by Gasteiger charge is 2.33. The Balaban J connectivity index is 1.72. The molecule has 0 bridgehead atoms. The van der Waals surface area contributed by atoms with Gasteiger partial charge in [-0.25, -0.2) is 4.98 Å². The molecule has 0 saturated heterocycles. The summed E-state index contributed by atoms with van der Waals surface area (Å²) in [4.78, 5) is 9.07. The van der Waals surface area contributed by atoms with Gasteiger partial charge in [-0.2, -0.15) is 5.10 Å². The average molecular weight is 345 g/mol. The van der Waals surface area contributed by atoms with Crippen molar-refractivity contribution in [3.63, 3.8) is 0 Å². The number of aryl methyl sites for hydroxylation is 1. The maximum Gasteiger partial charge on any atom is 0.122 e. The van der Waals surface area contributed by atoms with Crippen LogP contribution in [0.15, 0.2) is 53.7 Å². The molecule has 4 aromatic rings. The van der Waals surface area contributed by atoms with Gasteiger partial charge in [-0.05, 0) is 43.9 Å². The Morgan fingerprint density at radius 2 is 2.15 bits per heavy atom. The summed E-state index contributed by atoms with van der Waals surface area (Å²) in [6, 6.07) is 6.18. The van der Waals surface area contributed by atoms with Gasteiger partial charge < -0.3 is 8.98 Å². The highest BCUT2D eigenvalue weighted by Crippen LogP contribution is 2.42. The van der Waals surface area contributed by atoms with E-state index in [4.69, 9.17) is 9.40 Å². The minimum absolute atomic E-state index is 0.221. The number of aromatic nitrogens is 5. The van der Waals surface area contributed by atoms with Gasteiger partial charge in [-0.15, -0.1) is 5.10 Å². The molecule has 0 aliphatic heterocycles. The lowest BCUT2D eigenvalue weighted by molar-refractivity contribution is 0.237. The molecule has 1 aliphatic carbocycles. The first-order valence-corrected chi connectivity index (χ1v) is 8.95. The fraction of sp³-hybridized carbons (Fsp3) is 0.300. The van der Waals surface area contributed by atoms with Crippen molar-refractivity contribution in [3.8, 4) is 11.3 Å². The predicted molar refractivity (Wildman–Crippen MR) is 97.5 cm³/mol. The second-order valence-corrected chi connectivity index (χ2v) is 6.89. The van der Waals surface area contributed by atoms with Crippen LogP contribution in [0, 0.1) is 12.8 Å². The first-order chi connectivity index (χ1) is 12.8. The molecule has 0 aromatic carbocycles. The molecular weight excluding hydrogens is 326 g/mol. The highest BCUT2D eigenvalue weighted by atomic mass is 16.3. The Morgan fingerprint density at radius 1 is 1.23 bits per heavy atom. The fourth-order valence-electron chi connectivity index (χ4n) is 3.93. The third kappa shape index (κ3) is 2.33. The summed E-state index contributed by atoms with van der Waals surface area (Å²) in [5.74, 6) is 1.57. The minimum Gasteiger partial charge on any atom is -0.472 e. The largest absolute Gasteiger partial charge is 0.472 e. The second-order valence-electron chi connectivity index (χ2n) is 6.89. The van der Waals surface area contributed by atoms with Crippen LogP contribution < -0.4 is 0 Å². The molecule has 6 nitrogen and oxygen atoms in total. The van der Waals surface area contributed by atoms with Crippen molar-refractivity contribution in [1.82, 2.24) is 24.7 Å². The summed E-state index contributed by atoms with van der Waals surface area (Å²) >= 11 is 0. The van der Waals surface area contributed by atoms with Crippen molar-refractivity contribution in [1.29, 1.82) is 0 Å². The Bertz CT molecular complexity index is 1030. The van der Waals surface area contributed by atoms with E-state index >= 15 is 0 Å². The summed E-state index contributed by atoms with van der Waals surface area (Å²) in [5, 5.41) is 8.62. The Hall–Kier alpha value is -3.02. The van der Waals surface area contributed by atoms with Gasteiger partial charge in [0.05, 0.1) is 30.3 Å². The monoisotopic (exact) mass is 345 g/mol. The van der Waals surface area contributed by atoms with Crippen molar-refractivity contribution in [2.24, 2.45) is 5.92 Å². The molecule has 1 unspecified atom stereocenters. The van der Waals surface area contributed by atoms with Gasteiger partial charge in [-0.3, -0.25) is 4.98 Å². The van der Waals surface area contributed by atoms with Crippen molar-refractivity contribution < 1.29 is 4.42 Å². The van der Waals surface area contributed by atoms with E-state index in [1.807, 2.05) is 24.6 Å². The van der Waals surface area contributed by atoms with E-state index in [9.17, 15) is 0 Å². The molecule has 1 saturated carbocycles. The molecule has 130 valence electrons. The average Bonchev–Trinajstić information content (AvgIpc) is 3.26. The fourth-order valence-corrected chi connectivity index (χ4v) is 3.93. The van der Waals surface area contributed by atoms with Crippen molar-refractivity contribution in [3.05, 3.63) is 60.7 Å². The molecule has 1 fully saturated rings. The molecule has 5 rings (SSSR count). The molecule has 4 heterocycles. The van der Waals surface area contributed by atoms with Gasteiger partial charge in [-0.1, -0.05) is 6.42 Å². The first kappa shape index (κ1) is 15.3. The zero-order chi connectivity index (χ0) is 17.5. The summed E-state index contributed by atoms with van der Waals surface area (Å²) in [6.07, 6.45) is 12.7. The molecule has 1 aliphatic rings. The van der Waals surface area contributed by atoms with Crippen LogP contribution in [-0.2, 0) is 0 Å². The Morgan fingerprint density at radius 3 is 2.85 bits per heavy atom. The number of hydrogen-bond donors (Lipinski definition) is 0. The molecule has 26 heavy (non-hydrogen) atoms. The Kier molecular flexibility index (Phi) is 3.55. The number of furan rings is 1. The highest BCUT2D eigenvalue weighted by molar-refractivity contribution is 5.89. The second kappa shape index (κ2) is 6.05. The van der Waals surface area contributed by atoms with Gasteiger partial charge in [0.1, 0.15) is 17.0 Å². The van der Waals surface area contributed by atoms with Crippen LogP contribution in [0.5, 0.6) is 0 Å². The topological polar surface area (TPSA) is 69.6 Å². The summed E-state index contributed by atoms with van der Waals surface area (Å²) in [7, 11) is 0. The van der Waals surface area contributed by atoms with E-state index in [1.54, 1.807) is 18.7 Å². The van der Waals surface area contributed by atoms with E-state index in [-0.39, 0.29) is 6.04 Å². The minimum atomic E-state index is 0.221. The number of fused-ring (bicyclic) bond motifs is 1. The quantitative estimate of drug-likeness (QED) is 0.555. The summed E-state index contributed by atoms with van der Waals surface area (Å²) in [5.41, 5.74) is 4.78. The van der Waals surface area contributed by atoms with E-state index in [2.05, 4.69) is 32.7 Å². The van der Waals surface area contributed by atoms with Crippen LogP contribution in [0.1, 0.15) is 36.7 Å². The maximum absolute atomic E-state index is 5.39. The van der Waals surface area contributed by atoms with Crippen LogP contribution >= 0.6 is 0 Å². The molecule has 4 aromatic heterocycles. The third-order valence-corrected chi connectivity index (χ3v) is 5.38. The zero-order valence-electron chi connectivity index (χ0n) is 14.5. The van der Waals surface area contributed by atoms with Crippen LogP contribution in [0.3, 0.4) is 0 Å². The predicted octanol–water partition coefficient (Wildman–Crippen LogP) is 4.18. The van der Waals surface area contributed by atoms with Crippen molar-refractivity contribution in [2.75, 3.05) is 0 Å². The van der Waals surface area contributed by atoms with E-state index in [1.165, 1.54) is 24.8 Å². The number of imidazole rings is 1. The zero-order valence-corrected chi connectivity index (χ0v) is 14.5. The van der Waals surface area contributed by atoms with Crippen LogP contribution in [0.25, 0.3) is 22.3 Å². The van der Waals surface area contributed by atoms with Gasteiger partial charge in [0.2, 0.25) is 0 Å². The van der Waals surface area contributed by atoms with E-state index in [0.29, 0.717) is 5.92 Å². The van der Waals surface area contributed by atoms with Crippen LogP contribution in [-0.4, -0.2) is 24.7 Å². The van der Waals surface area contributed by atoms with Crippen molar-refractivity contribution in [2.45, 2.75) is 32.2 Å². The molecule has 0 amide bonds. The first-order valence-electron chi connectivity index (χ1n) is 8.95. The van der Waals surface area contributed by atoms with E-state index < -0.39 is 0 Å². The SMILES string of the molecule is Cc1nc2c(-c3cccnc3)nncc2n1C(c1ccoc1)C1CCC1. The van der Waals surface area contributed by atoms with Crippen LogP contribution in [0.4, 0.5) is 0 Å². The Labute approximate surface area is 150 Å². The summed E-state index contributed by atoms with van der Waals surface area (Å²) < 4.78 is 7.69. The van der Waals surface area contributed by atoms with Crippen molar-refractivity contribution >= 4 is 11.0 Å². The molecule has 6 heteroatoms. The lowest BCUT2D eigenvalue weighted by atomic mass is 9.77. The lowest BCUT2D eigenvalue weighted by Crippen LogP contribution is -2.26. The smallest absolute Gasteiger partial charge is 0.122 e. The maximum atomic E-state index is 5.39. The molecular formula is C20H19N5O. The molecule has 0 spiro atoms. The van der Waals surface area contributed by atoms with Gasteiger partial charge in [0.15, 0.2) is 0 Å². The van der Waals surface area contributed by atoms with Crippen LogP contribution in [0.2, 0.25) is 0 Å². The molecule has 1 atom stereocenters. The summed E-state index contributed by atoms with van der Waals surface area (Å²) in [6.45, 7) is 2.05. The standard InChI is InChI=1S/C20H19N5O/c1-13-23-19-17(11-22-24-18(19)15-6-3-8-21-10-15)25(13)20(14-4-2-5-14)16-7-9-26-12-16/h3,6-12,14,20H,2,4-5H2,1H3. The number of nitrogens with zero attached hydrogens (tertiary/aromatic N) is 5. The van der Waals surface area contributed by atoms with E-state index in [0.717, 1.165) is 28.1 Å². The normalized spacial score (nSPS) is 15.9. The van der Waals surface area contributed by atoms with Gasteiger partial charge >= 0.3 is 0 Å². The third-order valence-electron chi connectivity index (χ3n) is 5.38. The molecule has 0 radical (unpaired) electrons. The molecule has 0 N–H and O–H groups in total. The number of hydrogen-bond acceptors (Lipinski definition) is 5. The number of pyridine rings is 1.